The van der Waals surface area contributed by atoms with E-state index in [2.05, 4.69) is 15.4 Å². The Morgan fingerprint density at radius 3 is 3.00 bits per heavy atom. The Kier molecular flexibility index (Phi) is 5.27. The molecule has 1 rings (SSSR count). The van der Waals surface area contributed by atoms with E-state index in [0.717, 1.165) is 5.16 Å². The lowest BCUT2D eigenvalue weighted by Crippen LogP contribution is -2.37. The standard InChI is InChI=1S/C9H16N4O2S/c1-4-15-8(14)7(10-2)5-16-9-11-6-12-13(9)3/h6-7,10H,4-5H2,1-3H3. The number of likely N-dealkylation sites (N-methyl/N-ethyl adjacent to an activating group) is 1. The van der Waals surface area contributed by atoms with Gasteiger partial charge in [0, 0.05) is 12.8 Å². The van der Waals surface area contributed by atoms with Crippen molar-refractivity contribution in [3.8, 4) is 0 Å². The molecule has 0 amide bonds. The van der Waals surface area contributed by atoms with Gasteiger partial charge in [-0.25, -0.2) is 9.67 Å². The molecule has 0 aromatic carbocycles. The van der Waals surface area contributed by atoms with Gasteiger partial charge in [-0.2, -0.15) is 5.10 Å². The summed E-state index contributed by atoms with van der Waals surface area (Å²) < 4.78 is 6.61. The Morgan fingerprint density at radius 1 is 1.75 bits per heavy atom. The van der Waals surface area contributed by atoms with E-state index in [9.17, 15) is 4.79 Å². The summed E-state index contributed by atoms with van der Waals surface area (Å²) in [5, 5.41) is 7.65. The number of hydrogen-bond acceptors (Lipinski definition) is 6. The van der Waals surface area contributed by atoms with Gasteiger partial charge >= 0.3 is 5.97 Å². The largest absolute Gasteiger partial charge is 0.465 e. The van der Waals surface area contributed by atoms with Crippen LogP contribution in [-0.2, 0) is 16.6 Å². The normalized spacial score (nSPS) is 12.4. The average Bonchev–Trinajstić information content (AvgIpc) is 2.66. The number of thioether (sulfide) groups is 1. The molecule has 0 spiro atoms. The predicted molar refractivity (Wildman–Crippen MR) is 61.2 cm³/mol. The molecule has 7 heteroatoms. The smallest absolute Gasteiger partial charge is 0.323 e. The molecule has 1 unspecified atom stereocenters. The molecule has 1 aromatic heterocycles. The van der Waals surface area contributed by atoms with Crippen LogP contribution < -0.4 is 5.32 Å². The van der Waals surface area contributed by atoms with Crippen molar-refractivity contribution in [1.82, 2.24) is 20.1 Å². The van der Waals surface area contributed by atoms with E-state index in [1.165, 1.54) is 18.1 Å². The van der Waals surface area contributed by atoms with Crippen LogP contribution in [0.5, 0.6) is 0 Å². The molecule has 0 aliphatic heterocycles. The number of hydrogen-bond donors (Lipinski definition) is 1. The average molecular weight is 244 g/mol. The van der Waals surface area contributed by atoms with Crippen LogP contribution >= 0.6 is 11.8 Å². The third kappa shape index (κ3) is 3.49. The number of rotatable bonds is 6. The molecule has 90 valence electrons. The fourth-order valence-corrected chi connectivity index (χ4v) is 2.06. The maximum atomic E-state index is 11.5. The molecule has 1 N–H and O–H groups in total. The third-order valence-corrected chi connectivity index (χ3v) is 3.10. The molecule has 0 aliphatic rings. The first-order chi connectivity index (χ1) is 7.69. The minimum absolute atomic E-state index is 0.236. The highest BCUT2D eigenvalue weighted by Crippen LogP contribution is 2.14. The predicted octanol–water partition coefficient (Wildman–Crippen LogP) is 0.0583. The monoisotopic (exact) mass is 244 g/mol. The van der Waals surface area contributed by atoms with E-state index >= 15 is 0 Å². The quantitative estimate of drug-likeness (QED) is 0.563. The summed E-state index contributed by atoms with van der Waals surface area (Å²) in [6.45, 7) is 2.19. The number of esters is 1. The second kappa shape index (κ2) is 6.49. The van der Waals surface area contributed by atoms with E-state index < -0.39 is 0 Å². The van der Waals surface area contributed by atoms with Gasteiger partial charge < -0.3 is 10.1 Å². The van der Waals surface area contributed by atoms with Gasteiger partial charge in [0.1, 0.15) is 12.4 Å². The van der Waals surface area contributed by atoms with Crippen molar-refractivity contribution in [3.63, 3.8) is 0 Å². The van der Waals surface area contributed by atoms with E-state index in [4.69, 9.17) is 4.74 Å². The molecular formula is C9H16N4O2S. The summed E-state index contributed by atoms with van der Waals surface area (Å²) >= 11 is 1.47. The van der Waals surface area contributed by atoms with E-state index in [0.29, 0.717) is 12.4 Å². The Labute approximate surface area is 98.8 Å². The molecule has 0 fully saturated rings. The first-order valence-electron chi connectivity index (χ1n) is 4.99. The third-order valence-electron chi connectivity index (χ3n) is 1.97. The molecule has 6 nitrogen and oxygen atoms in total. The molecular weight excluding hydrogens is 228 g/mol. The van der Waals surface area contributed by atoms with Gasteiger partial charge in [0.2, 0.25) is 0 Å². The number of aryl methyl sites for hydroxylation is 1. The van der Waals surface area contributed by atoms with Gasteiger partial charge in [-0.1, -0.05) is 11.8 Å². The van der Waals surface area contributed by atoms with Gasteiger partial charge in [0.05, 0.1) is 6.61 Å². The lowest BCUT2D eigenvalue weighted by atomic mass is 10.3. The van der Waals surface area contributed by atoms with Crippen LogP contribution in [0, 0.1) is 0 Å². The highest BCUT2D eigenvalue weighted by atomic mass is 32.2. The second-order valence-electron chi connectivity index (χ2n) is 3.07. The van der Waals surface area contributed by atoms with Crippen LogP contribution in [0.1, 0.15) is 6.92 Å². The van der Waals surface area contributed by atoms with Gasteiger partial charge in [0.25, 0.3) is 0 Å². The van der Waals surface area contributed by atoms with Crippen molar-refractivity contribution < 1.29 is 9.53 Å². The molecule has 1 atom stereocenters. The van der Waals surface area contributed by atoms with Crippen LogP contribution in [0.4, 0.5) is 0 Å². The summed E-state index contributed by atoms with van der Waals surface area (Å²) in [6, 6.07) is -0.318. The number of nitrogens with one attached hydrogen (secondary N) is 1. The molecule has 0 bridgehead atoms. The summed E-state index contributed by atoms with van der Waals surface area (Å²) in [7, 11) is 3.55. The van der Waals surface area contributed by atoms with Crippen LogP contribution in [0.3, 0.4) is 0 Å². The van der Waals surface area contributed by atoms with Crippen molar-refractivity contribution in [2.24, 2.45) is 7.05 Å². The van der Waals surface area contributed by atoms with Crippen molar-refractivity contribution in [3.05, 3.63) is 6.33 Å². The molecule has 0 radical (unpaired) electrons. The fourth-order valence-electron chi connectivity index (χ4n) is 1.09. The van der Waals surface area contributed by atoms with Crippen molar-refractivity contribution >= 4 is 17.7 Å². The first kappa shape index (κ1) is 13.0. The van der Waals surface area contributed by atoms with Gasteiger partial charge in [-0.3, -0.25) is 4.79 Å². The van der Waals surface area contributed by atoms with Gasteiger partial charge in [-0.05, 0) is 14.0 Å². The number of carbonyl (C=O) groups is 1. The fraction of sp³-hybridized carbons (Fsp3) is 0.667. The molecule has 16 heavy (non-hydrogen) atoms. The maximum absolute atomic E-state index is 11.5. The zero-order valence-electron chi connectivity index (χ0n) is 9.64. The number of ether oxygens (including phenoxy) is 1. The van der Waals surface area contributed by atoms with Crippen LogP contribution in [-0.4, -0.2) is 46.2 Å². The van der Waals surface area contributed by atoms with Crippen molar-refractivity contribution in [1.29, 1.82) is 0 Å². The number of nitrogens with zero attached hydrogens (tertiary/aromatic N) is 3. The molecule has 0 saturated heterocycles. The maximum Gasteiger partial charge on any atom is 0.323 e. The summed E-state index contributed by atoms with van der Waals surface area (Å²) in [5.41, 5.74) is 0. The van der Waals surface area contributed by atoms with Crippen molar-refractivity contribution in [2.75, 3.05) is 19.4 Å². The lowest BCUT2D eigenvalue weighted by molar-refractivity contribution is -0.144. The van der Waals surface area contributed by atoms with Gasteiger partial charge in [0.15, 0.2) is 5.16 Å². The Bertz CT molecular complexity index is 342. The van der Waals surface area contributed by atoms with Crippen molar-refractivity contribution in [2.45, 2.75) is 18.1 Å². The Morgan fingerprint density at radius 2 is 2.50 bits per heavy atom. The molecule has 0 aliphatic carbocycles. The number of aromatic nitrogens is 3. The van der Waals surface area contributed by atoms with Crippen LogP contribution in [0.2, 0.25) is 0 Å². The van der Waals surface area contributed by atoms with E-state index in [1.54, 1.807) is 18.7 Å². The highest BCUT2D eigenvalue weighted by Gasteiger charge is 2.18. The van der Waals surface area contributed by atoms with E-state index in [-0.39, 0.29) is 12.0 Å². The SMILES string of the molecule is CCOC(=O)C(CSc1ncnn1C)NC. The minimum atomic E-state index is -0.318. The van der Waals surface area contributed by atoms with Gasteiger partial charge in [-0.15, -0.1) is 0 Å². The number of carbonyl (C=O) groups excluding carboxylic acids is 1. The highest BCUT2D eigenvalue weighted by molar-refractivity contribution is 7.99. The zero-order chi connectivity index (χ0) is 12.0. The van der Waals surface area contributed by atoms with Crippen LogP contribution in [0.25, 0.3) is 0 Å². The molecule has 1 heterocycles. The minimum Gasteiger partial charge on any atom is -0.465 e. The van der Waals surface area contributed by atoms with Crippen LogP contribution in [0.15, 0.2) is 11.5 Å². The zero-order valence-corrected chi connectivity index (χ0v) is 10.5. The molecule has 1 aromatic rings. The topological polar surface area (TPSA) is 69.0 Å². The summed E-state index contributed by atoms with van der Waals surface area (Å²) in [4.78, 5) is 15.5. The first-order valence-corrected chi connectivity index (χ1v) is 5.98. The Balaban J connectivity index is 2.46. The summed E-state index contributed by atoms with van der Waals surface area (Å²) in [6.07, 6.45) is 1.49. The lowest BCUT2D eigenvalue weighted by Gasteiger charge is -2.13. The van der Waals surface area contributed by atoms with E-state index in [1.807, 2.05) is 7.05 Å². The Hall–Kier alpha value is -1.08. The molecule has 0 saturated carbocycles. The summed E-state index contributed by atoms with van der Waals surface area (Å²) in [5.74, 6) is 0.335. The second-order valence-corrected chi connectivity index (χ2v) is 4.06.